The van der Waals surface area contributed by atoms with E-state index in [1.165, 1.54) is 38.5 Å². The van der Waals surface area contributed by atoms with Crippen molar-refractivity contribution in [3.05, 3.63) is 72.9 Å². The molecule has 0 aliphatic rings. The van der Waals surface area contributed by atoms with Crippen molar-refractivity contribution in [2.45, 2.75) is 148 Å². The number of rotatable bonds is 36. The quantitative estimate of drug-likeness (QED) is 0.0220. The number of phosphoric ester groups is 1. The average molecular weight is 779 g/mol. The highest BCUT2D eigenvalue weighted by Crippen LogP contribution is 2.43. The Bertz CT molecular complexity index is 1150. The first kappa shape index (κ1) is 51.5. The monoisotopic (exact) mass is 779 g/mol. The van der Waals surface area contributed by atoms with Crippen LogP contribution < -0.4 is 0 Å². The molecule has 0 saturated carbocycles. The predicted octanol–water partition coefficient (Wildman–Crippen LogP) is 11.5. The second-order valence-corrected chi connectivity index (χ2v) is 16.1. The number of phosphoric acid groups is 1. The number of likely N-dealkylation sites (N-methyl/N-ethyl adjacent to an activating group) is 1. The van der Waals surface area contributed by atoms with Gasteiger partial charge in [-0.05, 0) is 64.2 Å². The van der Waals surface area contributed by atoms with Crippen molar-refractivity contribution in [3.8, 4) is 0 Å². The molecule has 2 atom stereocenters. The molecule has 1 N–H and O–H groups in total. The highest BCUT2D eigenvalue weighted by molar-refractivity contribution is 7.47. The van der Waals surface area contributed by atoms with E-state index in [2.05, 4.69) is 86.8 Å². The van der Waals surface area contributed by atoms with Gasteiger partial charge in [0.15, 0.2) is 6.10 Å². The summed E-state index contributed by atoms with van der Waals surface area (Å²) < 4.78 is 34.1. The van der Waals surface area contributed by atoms with Gasteiger partial charge in [-0.2, -0.15) is 0 Å². The highest BCUT2D eigenvalue weighted by atomic mass is 31.2. The van der Waals surface area contributed by atoms with Crippen molar-refractivity contribution in [2.24, 2.45) is 0 Å². The largest absolute Gasteiger partial charge is 0.472 e. The summed E-state index contributed by atoms with van der Waals surface area (Å²) in [5.74, 6) is -0.859. The summed E-state index contributed by atoms with van der Waals surface area (Å²) in [6, 6.07) is 0. The zero-order valence-electron chi connectivity index (χ0n) is 34.7. The van der Waals surface area contributed by atoms with E-state index in [0.29, 0.717) is 17.4 Å². The van der Waals surface area contributed by atoms with Crippen molar-refractivity contribution in [3.63, 3.8) is 0 Å². The summed E-state index contributed by atoms with van der Waals surface area (Å²) in [5.41, 5.74) is 0. The van der Waals surface area contributed by atoms with Crippen LogP contribution in [-0.2, 0) is 32.7 Å². The summed E-state index contributed by atoms with van der Waals surface area (Å²) in [6.45, 7) is 4.20. The van der Waals surface area contributed by atoms with E-state index in [0.717, 1.165) is 70.6 Å². The van der Waals surface area contributed by atoms with Crippen molar-refractivity contribution < 1.29 is 42.1 Å². The summed E-state index contributed by atoms with van der Waals surface area (Å²) in [7, 11) is 1.43. The Hall–Kier alpha value is -2.55. The third-order valence-electron chi connectivity index (χ3n) is 8.25. The van der Waals surface area contributed by atoms with Crippen LogP contribution in [0.4, 0.5) is 0 Å². The Morgan fingerprint density at radius 2 is 1.06 bits per heavy atom. The van der Waals surface area contributed by atoms with Gasteiger partial charge in [-0.15, -0.1) is 0 Å². The molecular weight excluding hydrogens is 701 g/mol. The lowest BCUT2D eigenvalue weighted by atomic mass is 10.1. The minimum absolute atomic E-state index is 0.0201. The molecule has 0 heterocycles. The molecule has 0 aromatic carbocycles. The molecule has 0 aliphatic heterocycles. The molecule has 0 spiro atoms. The van der Waals surface area contributed by atoms with Crippen LogP contribution in [0.1, 0.15) is 142 Å². The molecule has 0 amide bonds. The zero-order valence-corrected chi connectivity index (χ0v) is 35.6. The van der Waals surface area contributed by atoms with E-state index < -0.39 is 26.5 Å². The number of nitrogens with zero attached hydrogens (tertiary/aromatic N) is 1. The van der Waals surface area contributed by atoms with Gasteiger partial charge in [0.2, 0.25) is 0 Å². The van der Waals surface area contributed by atoms with E-state index >= 15 is 0 Å². The van der Waals surface area contributed by atoms with Gasteiger partial charge in [-0.25, -0.2) is 4.57 Å². The second kappa shape index (κ2) is 36.1. The van der Waals surface area contributed by atoms with Crippen LogP contribution in [0.25, 0.3) is 0 Å². The fraction of sp³-hybridized carbons (Fsp3) is 0.682. The average Bonchev–Trinajstić information content (AvgIpc) is 3.12. The summed E-state index contributed by atoms with van der Waals surface area (Å²) in [6.07, 6.45) is 43.9. The topological polar surface area (TPSA) is 108 Å². The van der Waals surface area contributed by atoms with Crippen molar-refractivity contribution in [1.29, 1.82) is 0 Å². The van der Waals surface area contributed by atoms with Crippen LogP contribution in [-0.4, -0.2) is 74.9 Å². The number of carbonyl (C=O) groups excluding carboxylic acids is 2. The maximum Gasteiger partial charge on any atom is 0.472 e. The van der Waals surface area contributed by atoms with Crippen LogP contribution in [0.15, 0.2) is 72.9 Å². The predicted molar refractivity (Wildman–Crippen MR) is 224 cm³/mol. The molecule has 9 nitrogen and oxygen atoms in total. The highest BCUT2D eigenvalue weighted by Gasteiger charge is 2.27. The van der Waals surface area contributed by atoms with Gasteiger partial charge in [0.05, 0.1) is 27.7 Å². The number of hydrogen-bond acceptors (Lipinski definition) is 7. The van der Waals surface area contributed by atoms with Crippen molar-refractivity contribution in [1.82, 2.24) is 0 Å². The number of allylic oxidation sites excluding steroid dienone is 12. The van der Waals surface area contributed by atoms with Gasteiger partial charge in [-0.3, -0.25) is 18.6 Å². The second-order valence-electron chi connectivity index (χ2n) is 14.6. The Kier molecular flexibility index (Phi) is 34.4. The normalized spacial score (nSPS) is 14.4. The van der Waals surface area contributed by atoms with Crippen LogP contribution in [0.3, 0.4) is 0 Å². The van der Waals surface area contributed by atoms with Gasteiger partial charge in [0.1, 0.15) is 19.8 Å². The summed E-state index contributed by atoms with van der Waals surface area (Å²) in [5, 5.41) is 0. The smallest absolute Gasteiger partial charge is 0.462 e. The molecule has 0 fully saturated rings. The van der Waals surface area contributed by atoms with Crippen LogP contribution >= 0.6 is 7.82 Å². The number of unbranched alkanes of at least 4 members (excludes halogenated alkanes) is 10. The van der Waals surface area contributed by atoms with Crippen molar-refractivity contribution >= 4 is 19.8 Å². The molecule has 0 aromatic rings. The third-order valence-corrected chi connectivity index (χ3v) is 9.24. The summed E-state index contributed by atoms with van der Waals surface area (Å²) >= 11 is 0. The molecule has 2 unspecified atom stereocenters. The fourth-order valence-electron chi connectivity index (χ4n) is 5.01. The molecule has 54 heavy (non-hydrogen) atoms. The van der Waals surface area contributed by atoms with Crippen LogP contribution in [0, 0.1) is 0 Å². The first-order valence-electron chi connectivity index (χ1n) is 20.7. The number of esters is 2. The van der Waals surface area contributed by atoms with E-state index in [9.17, 15) is 19.0 Å². The molecule has 10 heteroatoms. The van der Waals surface area contributed by atoms with Crippen LogP contribution in [0.5, 0.6) is 0 Å². The van der Waals surface area contributed by atoms with Gasteiger partial charge < -0.3 is 18.9 Å². The molecule has 0 bridgehead atoms. The van der Waals surface area contributed by atoms with E-state index in [1.54, 1.807) is 0 Å². The first-order valence-corrected chi connectivity index (χ1v) is 22.2. The maximum atomic E-state index is 12.6. The lowest BCUT2D eigenvalue weighted by Crippen LogP contribution is -2.37. The molecule has 0 radical (unpaired) electrons. The zero-order chi connectivity index (χ0) is 40.0. The number of ether oxygens (including phenoxy) is 2. The maximum absolute atomic E-state index is 12.6. The fourth-order valence-corrected chi connectivity index (χ4v) is 5.76. The summed E-state index contributed by atoms with van der Waals surface area (Å²) in [4.78, 5) is 35.2. The number of quaternary nitrogens is 1. The van der Waals surface area contributed by atoms with Gasteiger partial charge in [0, 0.05) is 12.8 Å². The first-order chi connectivity index (χ1) is 26.0. The lowest BCUT2D eigenvalue weighted by molar-refractivity contribution is -0.870. The Morgan fingerprint density at radius 3 is 1.57 bits per heavy atom. The molecule has 0 saturated heterocycles. The van der Waals surface area contributed by atoms with E-state index in [1.807, 2.05) is 21.1 Å². The molecule has 310 valence electrons. The number of carbonyl (C=O) groups is 2. The Morgan fingerprint density at radius 1 is 0.593 bits per heavy atom. The van der Waals surface area contributed by atoms with Crippen molar-refractivity contribution in [2.75, 3.05) is 47.5 Å². The standard InChI is InChI=1S/C44H76NO8P/c1-6-8-10-12-14-16-17-18-19-20-21-22-23-24-25-26-27-29-31-33-35-37-44(47)53-42(41-52-54(48,49)51-39-38-45(3,4)5)40-50-43(46)36-34-32-30-28-15-13-11-9-7-2/h8,10,14,16,18-19,21-22,24-25,27,29,42H,6-7,9,11-13,15,17,20,23,26,28,30-41H2,1-5H3/p+1/b10-8-,16-14-,19-18-,22-21-,25-24-,29-27-. The Balaban J connectivity index is 4.46. The molecule has 0 rings (SSSR count). The van der Waals surface area contributed by atoms with Gasteiger partial charge in [0.25, 0.3) is 0 Å². The minimum Gasteiger partial charge on any atom is -0.462 e. The van der Waals surface area contributed by atoms with Gasteiger partial charge in [-0.1, -0.05) is 138 Å². The van der Waals surface area contributed by atoms with E-state index in [4.69, 9.17) is 18.5 Å². The molecular formula is C44H77NO8P+. The van der Waals surface area contributed by atoms with Gasteiger partial charge >= 0.3 is 19.8 Å². The Labute approximate surface area is 329 Å². The lowest BCUT2D eigenvalue weighted by Gasteiger charge is -2.24. The number of hydrogen-bond donors (Lipinski definition) is 1. The minimum atomic E-state index is -4.38. The van der Waals surface area contributed by atoms with Crippen LogP contribution in [0.2, 0.25) is 0 Å². The molecule has 0 aliphatic carbocycles. The third kappa shape index (κ3) is 39.2. The SMILES string of the molecule is CC/C=C\C/C=C\C/C=C\C/C=C\C/C=C\C/C=C\CCCCC(=O)OC(COC(=O)CCCCCCCCCCC)COP(=O)(O)OCC[N+](C)(C)C. The van der Waals surface area contributed by atoms with E-state index in [-0.39, 0.29) is 32.0 Å². The molecule has 0 aromatic heterocycles.